The minimum Gasteiger partial charge on any atom is -0.378 e. The van der Waals surface area contributed by atoms with Crippen LogP contribution in [0.3, 0.4) is 0 Å². The summed E-state index contributed by atoms with van der Waals surface area (Å²) in [5.41, 5.74) is 5.88. The van der Waals surface area contributed by atoms with Gasteiger partial charge in [-0.05, 0) is 12.8 Å². The van der Waals surface area contributed by atoms with Gasteiger partial charge in [-0.2, -0.15) is 0 Å². The molecule has 0 aromatic carbocycles. The number of carbonyl (C=O) groups excluding carboxylic acids is 1. The quantitative estimate of drug-likeness (QED) is 0.432. The van der Waals surface area contributed by atoms with Crippen molar-refractivity contribution >= 4 is 35.8 Å². The van der Waals surface area contributed by atoms with Gasteiger partial charge in [0.2, 0.25) is 5.91 Å². The van der Waals surface area contributed by atoms with Gasteiger partial charge in [-0.3, -0.25) is 9.79 Å². The maximum atomic E-state index is 11.8. The SMILES string of the molecule is I.NC(=NCCC(=O)N1CCCC1)N1CCOCC1. The Morgan fingerprint density at radius 1 is 1.11 bits per heavy atom. The molecule has 0 aliphatic carbocycles. The highest BCUT2D eigenvalue weighted by Crippen LogP contribution is 2.08. The fraction of sp³-hybridized carbons (Fsp3) is 0.833. The molecular weight excluding hydrogens is 359 g/mol. The van der Waals surface area contributed by atoms with Gasteiger partial charge in [0.25, 0.3) is 0 Å². The first kappa shape index (κ1) is 16.5. The van der Waals surface area contributed by atoms with Crippen LogP contribution in [-0.4, -0.2) is 67.6 Å². The largest absolute Gasteiger partial charge is 0.378 e. The molecule has 2 aliphatic heterocycles. The predicted molar refractivity (Wildman–Crippen MR) is 84.7 cm³/mol. The summed E-state index contributed by atoms with van der Waals surface area (Å²) in [5.74, 6) is 0.735. The van der Waals surface area contributed by atoms with E-state index in [1.807, 2.05) is 9.80 Å². The first-order chi connectivity index (χ1) is 8.77. The molecule has 0 saturated carbocycles. The van der Waals surface area contributed by atoms with Crippen molar-refractivity contribution in [2.45, 2.75) is 19.3 Å². The lowest BCUT2D eigenvalue weighted by molar-refractivity contribution is -0.129. The van der Waals surface area contributed by atoms with Gasteiger partial charge in [-0.1, -0.05) is 0 Å². The molecule has 2 aliphatic rings. The standard InChI is InChI=1S/C12H22N4O2.HI/c13-12(16-7-9-18-10-8-16)14-4-3-11(17)15-5-1-2-6-15;/h1-10H2,(H2,13,14);1H. The van der Waals surface area contributed by atoms with Crippen LogP contribution < -0.4 is 5.73 Å². The number of aliphatic imine (C=N–C) groups is 1. The maximum absolute atomic E-state index is 11.8. The van der Waals surface area contributed by atoms with E-state index in [1.165, 1.54) is 0 Å². The van der Waals surface area contributed by atoms with Crippen LogP contribution in [0.5, 0.6) is 0 Å². The van der Waals surface area contributed by atoms with E-state index in [0.717, 1.165) is 39.0 Å². The summed E-state index contributed by atoms with van der Waals surface area (Å²) in [4.78, 5) is 20.0. The summed E-state index contributed by atoms with van der Waals surface area (Å²) in [5, 5.41) is 0. The molecule has 0 radical (unpaired) electrons. The summed E-state index contributed by atoms with van der Waals surface area (Å²) < 4.78 is 5.25. The van der Waals surface area contributed by atoms with E-state index in [2.05, 4.69) is 4.99 Å². The van der Waals surface area contributed by atoms with Crippen LogP contribution in [0.4, 0.5) is 0 Å². The van der Waals surface area contributed by atoms with Crippen LogP contribution in [0.1, 0.15) is 19.3 Å². The fourth-order valence-electron chi connectivity index (χ4n) is 2.28. The number of hydrogen-bond donors (Lipinski definition) is 1. The molecular formula is C12H23IN4O2. The Balaban J connectivity index is 0.00000180. The van der Waals surface area contributed by atoms with Crippen molar-refractivity contribution in [3.05, 3.63) is 0 Å². The van der Waals surface area contributed by atoms with Gasteiger partial charge in [-0.25, -0.2) is 0 Å². The number of nitrogens with zero attached hydrogens (tertiary/aromatic N) is 3. The summed E-state index contributed by atoms with van der Waals surface area (Å²) in [7, 11) is 0. The molecule has 0 unspecified atom stereocenters. The molecule has 19 heavy (non-hydrogen) atoms. The van der Waals surface area contributed by atoms with Gasteiger partial charge in [-0.15, -0.1) is 24.0 Å². The molecule has 0 aromatic heterocycles. The number of amides is 1. The topological polar surface area (TPSA) is 71.2 Å². The van der Waals surface area contributed by atoms with Gasteiger partial charge in [0, 0.05) is 32.6 Å². The van der Waals surface area contributed by atoms with Gasteiger partial charge in [0.1, 0.15) is 0 Å². The monoisotopic (exact) mass is 382 g/mol. The van der Waals surface area contributed by atoms with Gasteiger partial charge >= 0.3 is 0 Å². The van der Waals surface area contributed by atoms with Crippen molar-refractivity contribution in [2.75, 3.05) is 45.9 Å². The summed E-state index contributed by atoms with van der Waals surface area (Å²) in [6.45, 7) is 5.26. The number of rotatable bonds is 3. The molecule has 2 fully saturated rings. The molecule has 0 atom stereocenters. The fourth-order valence-corrected chi connectivity index (χ4v) is 2.28. The Labute approximate surface area is 131 Å². The minimum absolute atomic E-state index is 0. The third-order valence-corrected chi connectivity index (χ3v) is 3.39. The van der Waals surface area contributed by atoms with Crippen LogP contribution in [0.15, 0.2) is 4.99 Å². The second-order valence-electron chi connectivity index (χ2n) is 4.68. The lowest BCUT2D eigenvalue weighted by Gasteiger charge is -2.27. The first-order valence-corrected chi connectivity index (χ1v) is 6.68. The van der Waals surface area contributed by atoms with Crippen LogP contribution in [-0.2, 0) is 9.53 Å². The lowest BCUT2D eigenvalue weighted by atomic mass is 10.3. The predicted octanol–water partition coefficient (Wildman–Crippen LogP) is 0.264. The zero-order chi connectivity index (χ0) is 12.8. The third kappa shape index (κ3) is 5.13. The van der Waals surface area contributed by atoms with Crippen molar-refractivity contribution in [3.63, 3.8) is 0 Å². The maximum Gasteiger partial charge on any atom is 0.224 e. The third-order valence-electron chi connectivity index (χ3n) is 3.39. The van der Waals surface area contributed by atoms with Crippen LogP contribution in [0.25, 0.3) is 0 Å². The second kappa shape index (κ2) is 8.57. The summed E-state index contributed by atoms with van der Waals surface area (Å²) in [6.07, 6.45) is 2.72. The van der Waals surface area contributed by atoms with Gasteiger partial charge in [0.05, 0.1) is 19.8 Å². The van der Waals surface area contributed by atoms with E-state index in [9.17, 15) is 4.79 Å². The van der Waals surface area contributed by atoms with E-state index < -0.39 is 0 Å². The van der Waals surface area contributed by atoms with E-state index >= 15 is 0 Å². The second-order valence-corrected chi connectivity index (χ2v) is 4.68. The van der Waals surface area contributed by atoms with Crippen molar-refractivity contribution in [2.24, 2.45) is 10.7 Å². The molecule has 6 nitrogen and oxygen atoms in total. The normalized spacial score (nSPS) is 20.3. The Morgan fingerprint density at radius 2 is 1.74 bits per heavy atom. The molecule has 2 saturated heterocycles. The molecule has 7 heteroatoms. The number of guanidine groups is 1. The van der Waals surface area contributed by atoms with Crippen molar-refractivity contribution < 1.29 is 9.53 Å². The number of morpholine rings is 1. The van der Waals surface area contributed by atoms with E-state index in [0.29, 0.717) is 32.1 Å². The minimum atomic E-state index is 0. The van der Waals surface area contributed by atoms with Crippen LogP contribution in [0, 0.1) is 0 Å². The molecule has 2 rings (SSSR count). The Hall–Kier alpha value is -0.570. The zero-order valence-corrected chi connectivity index (χ0v) is 13.5. The Bertz CT molecular complexity index is 313. The number of ether oxygens (including phenoxy) is 1. The number of hydrogen-bond acceptors (Lipinski definition) is 3. The molecule has 2 heterocycles. The van der Waals surface area contributed by atoms with Gasteiger partial charge < -0.3 is 20.3 Å². The highest BCUT2D eigenvalue weighted by atomic mass is 127. The van der Waals surface area contributed by atoms with E-state index in [1.54, 1.807) is 0 Å². The molecule has 110 valence electrons. The van der Waals surface area contributed by atoms with Gasteiger partial charge in [0.15, 0.2) is 5.96 Å². The molecule has 0 spiro atoms. The number of nitrogens with two attached hydrogens (primary N) is 1. The van der Waals surface area contributed by atoms with Crippen molar-refractivity contribution in [1.29, 1.82) is 0 Å². The van der Waals surface area contributed by atoms with E-state index in [4.69, 9.17) is 10.5 Å². The summed E-state index contributed by atoms with van der Waals surface area (Å²) in [6, 6.07) is 0. The Kier molecular flexibility index (Phi) is 7.44. The number of halogens is 1. The number of likely N-dealkylation sites (tertiary alicyclic amines) is 1. The first-order valence-electron chi connectivity index (χ1n) is 6.68. The van der Waals surface area contributed by atoms with Crippen molar-refractivity contribution in [3.8, 4) is 0 Å². The van der Waals surface area contributed by atoms with E-state index in [-0.39, 0.29) is 29.9 Å². The number of carbonyl (C=O) groups is 1. The molecule has 2 N–H and O–H groups in total. The smallest absolute Gasteiger partial charge is 0.224 e. The molecule has 1 amide bonds. The summed E-state index contributed by atoms with van der Waals surface area (Å²) >= 11 is 0. The lowest BCUT2D eigenvalue weighted by Crippen LogP contribution is -2.45. The van der Waals surface area contributed by atoms with Crippen LogP contribution >= 0.6 is 24.0 Å². The highest BCUT2D eigenvalue weighted by molar-refractivity contribution is 14.0. The Morgan fingerprint density at radius 3 is 2.37 bits per heavy atom. The van der Waals surface area contributed by atoms with Crippen molar-refractivity contribution in [1.82, 2.24) is 9.80 Å². The average Bonchev–Trinajstić information content (AvgIpc) is 2.93. The molecule has 0 bridgehead atoms. The highest BCUT2D eigenvalue weighted by Gasteiger charge is 2.17. The average molecular weight is 382 g/mol. The zero-order valence-electron chi connectivity index (χ0n) is 11.2. The molecule has 0 aromatic rings. The van der Waals surface area contributed by atoms with Crippen LogP contribution in [0.2, 0.25) is 0 Å².